The van der Waals surface area contributed by atoms with Crippen molar-refractivity contribution in [2.24, 2.45) is 0 Å². The largest absolute Gasteiger partial charge is 0.394 e. The van der Waals surface area contributed by atoms with E-state index in [0.717, 1.165) is 0 Å². The Hall–Kier alpha value is -0.320. The maximum atomic E-state index is 9.73. The lowest BCUT2D eigenvalue weighted by molar-refractivity contribution is -0.205. The highest BCUT2D eigenvalue weighted by Gasteiger charge is 2.46. The van der Waals surface area contributed by atoms with Gasteiger partial charge in [0.15, 0.2) is 6.29 Å². The molecule has 0 amide bonds. The molecule has 2 aliphatic heterocycles. The second-order valence-corrected chi connectivity index (χ2v) is 4.43. The van der Waals surface area contributed by atoms with Crippen LogP contribution in [0, 0.1) is 0 Å². The fourth-order valence-corrected chi connectivity index (χ4v) is 2.09. The normalized spacial score (nSPS) is 48.8. The molecule has 1 unspecified atom stereocenters. The molecule has 2 rings (SSSR count). The molecule has 5 N–H and O–H groups in total. The Labute approximate surface area is 103 Å². The van der Waals surface area contributed by atoms with E-state index >= 15 is 0 Å². The molecule has 0 spiro atoms. The molecule has 2 aliphatic rings. The van der Waals surface area contributed by atoms with E-state index < -0.39 is 49.5 Å². The second-order valence-electron chi connectivity index (χ2n) is 4.43. The van der Waals surface area contributed by atoms with Crippen LogP contribution in [0.3, 0.4) is 0 Å². The fraction of sp³-hybridized carbons (Fsp3) is 1.00. The molecule has 2 heterocycles. The zero-order valence-electron chi connectivity index (χ0n) is 9.62. The van der Waals surface area contributed by atoms with Crippen molar-refractivity contribution in [1.82, 2.24) is 0 Å². The Morgan fingerprint density at radius 3 is 2.11 bits per heavy atom. The lowest BCUT2D eigenvalue weighted by atomic mass is 10.1. The summed E-state index contributed by atoms with van der Waals surface area (Å²) in [5.74, 6) is 0. The standard InChI is InChI=1S/C10H18O8/c11-1-4-7(13)6(3-16-4)18-10-9(15)8(14)5(2-12)17-10/h4-15H,1-3H2/t4-,5-,6+,7-,8-,9-,10?/m1/s1. The number of aliphatic hydroxyl groups excluding tert-OH is 5. The van der Waals surface area contributed by atoms with Gasteiger partial charge in [-0.05, 0) is 0 Å². The van der Waals surface area contributed by atoms with Gasteiger partial charge in [0, 0.05) is 0 Å². The highest BCUT2D eigenvalue weighted by Crippen LogP contribution is 2.26. The molecule has 2 saturated heterocycles. The Balaban J connectivity index is 1.91. The predicted octanol–water partition coefficient (Wildman–Crippen LogP) is -3.44. The summed E-state index contributed by atoms with van der Waals surface area (Å²) >= 11 is 0. The van der Waals surface area contributed by atoms with Crippen molar-refractivity contribution in [3.05, 3.63) is 0 Å². The number of aliphatic hydroxyl groups is 5. The molecule has 8 heteroatoms. The number of rotatable bonds is 4. The highest BCUT2D eigenvalue weighted by molar-refractivity contribution is 4.89. The Kier molecular flexibility index (Phi) is 4.51. The highest BCUT2D eigenvalue weighted by atomic mass is 16.7. The first-order valence-electron chi connectivity index (χ1n) is 5.77. The SMILES string of the molecule is OC[C@H]1OC(O[C@H]2CO[C@H](CO)[C@H]2O)[C@H](O)[C@@H]1O. The average molecular weight is 266 g/mol. The van der Waals surface area contributed by atoms with Gasteiger partial charge < -0.3 is 39.7 Å². The van der Waals surface area contributed by atoms with Gasteiger partial charge in [0.1, 0.15) is 36.6 Å². The number of hydrogen-bond acceptors (Lipinski definition) is 8. The predicted molar refractivity (Wildman–Crippen MR) is 55.5 cm³/mol. The van der Waals surface area contributed by atoms with Crippen LogP contribution in [0.25, 0.3) is 0 Å². The van der Waals surface area contributed by atoms with Crippen molar-refractivity contribution in [2.45, 2.75) is 42.9 Å². The van der Waals surface area contributed by atoms with Crippen molar-refractivity contribution >= 4 is 0 Å². The summed E-state index contributed by atoms with van der Waals surface area (Å²) in [6.45, 7) is -0.725. The van der Waals surface area contributed by atoms with Crippen molar-refractivity contribution in [3.63, 3.8) is 0 Å². The third-order valence-corrected chi connectivity index (χ3v) is 3.22. The Bertz CT molecular complexity index is 275. The van der Waals surface area contributed by atoms with Crippen LogP contribution in [0.1, 0.15) is 0 Å². The van der Waals surface area contributed by atoms with E-state index in [1.165, 1.54) is 0 Å². The van der Waals surface area contributed by atoms with E-state index in [2.05, 4.69) is 0 Å². The molecule has 0 saturated carbocycles. The summed E-state index contributed by atoms with van der Waals surface area (Å²) < 4.78 is 15.5. The van der Waals surface area contributed by atoms with Crippen LogP contribution in [-0.2, 0) is 14.2 Å². The molecule has 7 atom stereocenters. The van der Waals surface area contributed by atoms with Gasteiger partial charge in [0.05, 0.1) is 19.8 Å². The molecule has 2 fully saturated rings. The van der Waals surface area contributed by atoms with Crippen molar-refractivity contribution in [2.75, 3.05) is 19.8 Å². The Morgan fingerprint density at radius 1 is 0.944 bits per heavy atom. The third kappa shape index (κ3) is 2.51. The van der Waals surface area contributed by atoms with Gasteiger partial charge in [-0.2, -0.15) is 0 Å². The zero-order valence-corrected chi connectivity index (χ0v) is 9.62. The summed E-state index contributed by atoms with van der Waals surface area (Å²) in [4.78, 5) is 0. The quantitative estimate of drug-likeness (QED) is 0.355. The molecule has 0 aromatic carbocycles. The summed E-state index contributed by atoms with van der Waals surface area (Å²) in [6.07, 6.45) is -7.12. The number of ether oxygens (including phenoxy) is 3. The summed E-state index contributed by atoms with van der Waals surface area (Å²) in [5, 5.41) is 46.7. The van der Waals surface area contributed by atoms with Crippen LogP contribution in [0.4, 0.5) is 0 Å². The summed E-state index contributed by atoms with van der Waals surface area (Å²) in [6, 6.07) is 0. The molecule has 0 bridgehead atoms. The second kappa shape index (κ2) is 5.76. The third-order valence-electron chi connectivity index (χ3n) is 3.22. The first-order valence-corrected chi connectivity index (χ1v) is 5.77. The molecule has 0 aromatic heterocycles. The van der Waals surface area contributed by atoms with Crippen LogP contribution in [-0.4, -0.2) is 88.3 Å². The summed E-state index contributed by atoms with van der Waals surface area (Å²) in [5.41, 5.74) is 0. The molecule has 0 radical (unpaired) electrons. The van der Waals surface area contributed by atoms with E-state index in [1.54, 1.807) is 0 Å². The van der Waals surface area contributed by atoms with Gasteiger partial charge in [-0.3, -0.25) is 0 Å². The lowest BCUT2D eigenvalue weighted by Gasteiger charge is -2.22. The molecular weight excluding hydrogens is 248 g/mol. The maximum Gasteiger partial charge on any atom is 0.187 e. The van der Waals surface area contributed by atoms with Gasteiger partial charge in [0.25, 0.3) is 0 Å². The minimum atomic E-state index is -1.30. The minimum absolute atomic E-state index is 0.0544. The minimum Gasteiger partial charge on any atom is -0.394 e. The van der Waals surface area contributed by atoms with Gasteiger partial charge in [-0.1, -0.05) is 0 Å². The van der Waals surface area contributed by atoms with Crippen LogP contribution in [0.15, 0.2) is 0 Å². The van der Waals surface area contributed by atoms with Crippen molar-refractivity contribution < 1.29 is 39.7 Å². The molecule has 8 nitrogen and oxygen atoms in total. The monoisotopic (exact) mass is 266 g/mol. The van der Waals surface area contributed by atoms with Crippen molar-refractivity contribution in [1.29, 1.82) is 0 Å². The lowest BCUT2D eigenvalue weighted by Crippen LogP contribution is -2.40. The van der Waals surface area contributed by atoms with Gasteiger partial charge in [-0.25, -0.2) is 0 Å². The van der Waals surface area contributed by atoms with Gasteiger partial charge in [0.2, 0.25) is 0 Å². The average Bonchev–Trinajstić information content (AvgIpc) is 2.85. The molecule has 0 aromatic rings. The zero-order chi connectivity index (χ0) is 13.3. The van der Waals surface area contributed by atoms with E-state index in [1.807, 2.05) is 0 Å². The van der Waals surface area contributed by atoms with Crippen LogP contribution >= 0.6 is 0 Å². The van der Waals surface area contributed by atoms with Crippen LogP contribution in [0.5, 0.6) is 0 Å². The summed E-state index contributed by atoms with van der Waals surface area (Å²) in [7, 11) is 0. The van der Waals surface area contributed by atoms with Crippen LogP contribution in [0.2, 0.25) is 0 Å². The molecule has 106 valence electrons. The van der Waals surface area contributed by atoms with E-state index in [9.17, 15) is 15.3 Å². The first kappa shape index (κ1) is 14.1. The molecular formula is C10H18O8. The van der Waals surface area contributed by atoms with Crippen LogP contribution < -0.4 is 0 Å². The topological polar surface area (TPSA) is 129 Å². The molecule has 18 heavy (non-hydrogen) atoms. The van der Waals surface area contributed by atoms with Gasteiger partial charge in [-0.15, -0.1) is 0 Å². The Morgan fingerprint density at radius 2 is 1.61 bits per heavy atom. The smallest absolute Gasteiger partial charge is 0.187 e. The van der Waals surface area contributed by atoms with Gasteiger partial charge >= 0.3 is 0 Å². The molecule has 0 aliphatic carbocycles. The number of hydrogen-bond donors (Lipinski definition) is 5. The first-order chi connectivity index (χ1) is 8.58. The van der Waals surface area contributed by atoms with E-state index in [4.69, 9.17) is 24.4 Å². The maximum absolute atomic E-state index is 9.73. The van der Waals surface area contributed by atoms with E-state index in [-0.39, 0.29) is 13.2 Å². The van der Waals surface area contributed by atoms with Crippen molar-refractivity contribution in [3.8, 4) is 0 Å². The fourth-order valence-electron chi connectivity index (χ4n) is 2.09. The van der Waals surface area contributed by atoms with E-state index in [0.29, 0.717) is 0 Å².